The molecule has 0 fully saturated rings. The topological polar surface area (TPSA) is 107 Å². The second-order valence-corrected chi connectivity index (χ2v) is 7.07. The van der Waals surface area contributed by atoms with E-state index in [9.17, 15) is 8.42 Å². The highest BCUT2D eigenvalue weighted by molar-refractivity contribution is 7.92. The Labute approximate surface area is 141 Å². The molecular formula is C13H10ClN7O2S. The predicted octanol–water partition coefficient (Wildman–Crippen LogP) is 1.53. The Kier molecular flexibility index (Phi) is 3.18. The fourth-order valence-electron chi connectivity index (χ4n) is 2.24. The van der Waals surface area contributed by atoms with Gasteiger partial charge < -0.3 is 0 Å². The molecule has 0 radical (unpaired) electrons. The minimum atomic E-state index is -3.88. The van der Waals surface area contributed by atoms with Gasteiger partial charge in [0, 0.05) is 12.4 Å². The zero-order valence-electron chi connectivity index (χ0n) is 12.3. The van der Waals surface area contributed by atoms with Gasteiger partial charge in [0.2, 0.25) is 0 Å². The fourth-order valence-corrected chi connectivity index (χ4v) is 3.40. The van der Waals surface area contributed by atoms with Gasteiger partial charge in [0.05, 0.1) is 24.3 Å². The lowest BCUT2D eigenvalue weighted by molar-refractivity contribution is 0.599. The molecule has 0 unspecified atom stereocenters. The van der Waals surface area contributed by atoms with Crippen molar-refractivity contribution in [1.29, 1.82) is 0 Å². The normalized spacial score (nSPS) is 12.1. The van der Waals surface area contributed by atoms with Crippen LogP contribution in [-0.2, 0) is 10.0 Å². The Hall–Kier alpha value is -2.72. The molecule has 4 aromatic rings. The lowest BCUT2D eigenvalue weighted by Gasteiger charge is -2.06. The van der Waals surface area contributed by atoms with E-state index in [1.165, 1.54) is 27.6 Å². The van der Waals surface area contributed by atoms with Crippen molar-refractivity contribution in [2.24, 2.45) is 0 Å². The van der Waals surface area contributed by atoms with Crippen LogP contribution in [0.3, 0.4) is 0 Å². The highest BCUT2D eigenvalue weighted by atomic mass is 35.5. The lowest BCUT2D eigenvalue weighted by atomic mass is 10.5. The van der Waals surface area contributed by atoms with Crippen LogP contribution in [0.4, 0.5) is 5.69 Å². The van der Waals surface area contributed by atoms with E-state index in [0.717, 1.165) is 0 Å². The number of halogens is 1. The third-order valence-electron chi connectivity index (χ3n) is 3.39. The minimum Gasteiger partial charge on any atom is -0.274 e. The minimum absolute atomic E-state index is 0.0514. The molecule has 122 valence electrons. The summed E-state index contributed by atoms with van der Waals surface area (Å²) in [6, 6.07) is 1.69. The summed E-state index contributed by atoms with van der Waals surface area (Å²) in [6.45, 7) is 1.72. The third kappa shape index (κ3) is 2.27. The first-order valence-electron chi connectivity index (χ1n) is 6.77. The van der Waals surface area contributed by atoms with Crippen LogP contribution in [-0.4, -0.2) is 37.6 Å². The number of anilines is 1. The van der Waals surface area contributed by atoms with Gasteiger partial charge >= 0.3 is 0 Å². The van der Waals surface area contributed by atoms with E-state index in [0.29, 0.717) is 22.0 Å². The molecule has 0 aliphatic heterocycles. The maximum absolute atomic E-state index is 12.6. The SMILES string of the molecule is Cc1nn2cc(S(=O)(=O)Nc3cnn4cccnc34)cnc2c1Cl. The second-order valence-electron chi connectivity index (χ2n) is 5.01. The van der Waals surface area contributed by atoms with Gasteiger partial charge in [-0.15, -0.1) is 0 Å². The first-order valence-corrected chi connectivity index (χ1v) is 8.63. The quantitative estimate of drug-likeness (QED) is 0.591. The lowest BCUT2D eigenvalue weighted by Crippen LogP contribution is -2.14. The molecule has 0 spiro atoms. The molecule has 4 aromatic heterocycles. The van der Waals surface area contributed by atoms with Crippen LogP contribution in [0, 0.1) is 6.92 Å². The summed E-state index contributed by atoms with van der Waals surface area (Å²) < 4.78 is 30.4. The standard InChI is InChI=1S/C13H10ClN7O2S/c1-8-11(14)13-16-5-9(7-21(13)18-8)24(22,23)19-10-6-17-20-4-2-3-15-12(10)20/h2-7,19H,1H3. The molecule has 0 saturated carbocycles. The molecule has 0 saturated heterocycles. The first kappa shape index (κ1) is 14.8. The number of rotatable bonds is 3. The summed E-state index contributed by atoms with van der Waals surface area (Å²) in [5, 5.41) is 8.56. The van der Waals surface area contributed by atoms with Crippen molar-refractivity contribution in [1.82, 2.24) is 29.2 Å². The maximum Gasteiger partial charge on any atom is 0.265 e. The average molecular weight is 364 g/mol. The zero-order valence-corrected chi connectivity index (χ0v) is 13.8. The van der Waals surface area contributed by atoms with E-state index in [2.05, 4.69) is 24.9 Å². The number of fused-ring (bicyclic) bond motifs is 2. The Morgan fingerprint density at radius 3 is 2.83 bits per heavy atom. The number of aromatic nitrogens is 6. The van der Waals surface area contributed by atoms with Gasteiger partial charge in [-0.05, 0) is 13.0 Å². The predicted molar refractivity (Wildman–Crippen MR) is 86.5 cm³/mol. The molecular weight excluding hydrogens is 354 g/mol. The van der Waals surface area contributed by atoms with Gasteiger partial charge in [-0.25, -0.2) is 27.4 Å². The molecule has 0 bridgehead atoms. The molecule has 0 aliphatic carbocycles. The number of hydrogen-bond acceptors (Lipinski definition) is 6. The largest absolute Gasteiger partial charge is 0.274 e. The van der Waals surface area contributed by atoms with Crippen LogP contribution >= 0.6 is 11.6 Å². The molecule has 1 N–H and O–H groups in total. The van der Waals surface area contributed by atoms with Crippen LogP contribution < -0.4 is 4.72 Å². The molecule has 0 amide bonds. The Morgan fingerprint density at radius 2 is 2.00 bits per heavy atom. The Morgan fingerprint density at radius 1 is 1.17 bits per heavy atom. The van der Waals surface area contributed by atoms with E-state index >= 15 is 0 Å². The van der Waals surface area contributed by atoms with Crippen molar-refractivity contribution in [2.75, 3.05) is 4.72 Å². The Balaban J connectivity index is 1.77. The summed E-state index contributed by atoms with van der Waals surface area (Å²) >= 11 is 6.06. The zero-order chi connectivity index (χ0) is 16.9. The van der Waals surface area contributed by atoms with Crippen LogP contribution in [0.5, 0.6) is 0 Å². The van der Waals surface area contributed by atoms with Crippen molar-refractivity contribution < 1.29 is 8.42 Å². The number of nitrogens with zero attached hydrogens (tertiary/aromatic N) is 6. The maximum atomic E-state index is 12.6. The summed E-state index contributed by atoms with van der Waals surface area (Å²) in [4.78, 5) is 8.13. The van der Waals surface area contributed by atoms with Crippen molar-refractivity contribution in [2.45, 2.75) is 11.8 Å². The van der Waals surface area contributed by atoms with E-state index in [4.69, 9.17) is 11.6 Å². The monoisotopic (exact) mass is 363 g/mol. The molecule has 11 heteroatoms. The van der Waals surface area contributed by atoms with Crippen LogP contribution in [0.25, 0.3) is 11.3 Å². The van der Waals surface area contributed by atoms with E-state index in [1.807, 2.05) is 0 Å². The van der Waals surface area contributed by atoms with Crippen molar-refractivity contribution in [3.8, 4) is 0 Å². The van der Waals surface area contributed by atoms with Crippen LogP contribution in [0.1, 0.15) is 5.69 Å². The van der Waals surface area contributed by atoms with E-state index in [-0.39, 0.29) is 10.6 Å². The van der Waals surface area contributed by atoms with Gasteiger partial charge in [-0.3, -0.25) is 4.72 Å². The number of nitrogens with one attached hydrogen (secondary N) is 1. The highest BCUT2D eigenvalue weighted by Gasteiger charge is 2.20. The van der Waals surface area contributed by atoms with E-state index in [1.54, 1.807) is 25.4 Å². The summed E-state index contributed by atoms with van der Waals surface area (Å²) in [5.41, 5.74) is 1.63. The summed E-state index contributed by atoms with van der Waals surface area (Å²) in [7, 11) is -3.88. The fraction of sp³-hybridized carbons (Fsp3) is 0.0769. The summed E-state index contributed by atoms with van der Waals surface area (Å²) in [5.74, 6) is 0. The Bertz CT molecular complexity index is 1180. The smallest absolute Gasteiger partial charge is 0.265 e. The summed E-state index contributed by atoms with van der Waals surface area (Å²) in [6.07, 6.45) is 7.19. The molecule has 24 heavy (non-hydrogen) atoms. The van der Waals surface area contributed by atoms with Crippen molar-refractivity contribution >= 4 is 38.6 Å². The van der Waals surface area contributed by atoms with E-state index < -0.39 is 10.0 Å². The van der Waals surface area contributed by atoms with Gasteiger partial charge in [-0.1, -0.05) is 11.6 Å². The number of sulfonamides is 1. The van der Waals surface area contributed by atoms with Gasteiger partial charge in [-0.2, -0.15) is 10.2 Å². The molecule has 4 rings (SSSR count). The van der Waals surface area contributed by atoms with Crippen molar-refractivity contribution in [3.63, 3.8) is 0 Å². The van der Waals surface area contributed by atoms with Crippen LogP contribution in [0.2, 0.25) is 5.02 Å². The molecule has 0 atom stereocenters. The number of aryl methyl sites for hydroxylation is 1. The highest BCUT2D eigenvalue weighted by Crippen LogP contribution is 2.22. The van der Waals surface area contributed by atoms with Gasteiger partial charge in [0.1, 0.15) is 15.6 Å². The van der Waals surface area contributed by atoms with Gasteiger partial charge in [0.15, 0.2) is 11.3 Å². The van der Waals surface area contributed by atoms with Crippen molar-refractivity contribution in [3.05, 3.63) is 47.8 Å². The average Bonchev–Trinajstić information content (AvgIpc) is 3.09. The molecule has 4 heterocycles. The molecule has 0 aromatic carbocycles. The molecule has 9 nitrogen and oxygen atoms in total. The molecule has 0 aliphatic rings. The number of hydrogen-bond donors (Lipinski definition) is 1. The second kappa shape index (κ2) is 5.14. The van der Waals surface area contributed by atoms with Crippen LogP contribution in [0.15, 0.2) is 41.9 Å². The third-order valence-corrected chi connectivity index (χ3v) is 5.15. The van der Waals surface area contributed by atoms with Gasteiger partial charge in [0.25, 0.3) is 10.0 Å². The first-order chi connectivity index (χ1) is 11.5.